The summed E-state index contributed by atoms with van der Waals surface area (Å²) in [6.45, 7) is 5.21. The quantitative estimate of drug-likeness (QED) is 0.779. The van der Waals surface area contributed by atoms with Crippen LogP contribution in [0.25, 0.3) is 11.1 Å². The van der Waals surface area contributed by atoms with Gasteiger partial charge in [0.2, 0.25) is 0 Å². The minimum atomic E-state index is 0.972. The number of aromatic nitrogens is 3. The number of rotatable bonds is 1. The van der Waals surface area contributed by atoms with Crippen molar-refractivity contribution in [1.82, 2.24) is 19.7 Å². The molecule has 0 unspecified atom stereocenters. The first-order valence-corrected chi connectivity index (χ1v) is 5.64. The van der Waals surface area contributed by atoms with Crippen LogP contribution in [0.3, 0.4) is 0 Å². The zero-order valence-electron chi connectivity index (χ0n) is 9.70. The molecule has 4 nitrogen and oxygen atoms in total. The summed E-state index contributed by atoms with van der Waals surface area (Å²) in [5.74, 6) is 0. The topological polar surface area (TPSA) is 34.8 Å². The van der Waals surface area contributed by atoms with Gasteiger partial charge in [0.05, 0.1) is 6.20 Å². The van der Waals surface area contributed by atoms with Crippen molar-refractivity contribution >= 4 is 0 Å². The molecule has 4 heteroatoms. The summed E-state index contributed by atoms with van der Waals surface area (Å²) < 4.78 is 4.25. The Morgan fingerprint density at radius 3 is 3.00 bits per heavy atom. The fraction of sp³-hybridized carbons (Fsp3) is 0.417. The minimum Gasteiger partial charge on any atom is -0.348 e. The van der Waals surface area contributed by atoms with Crippen molar-refractivity contribution in [3.8, 4) is 11.1 Å². The molecule has 0 fully saturated rings. The third-order valence-corrected chi connectivity index (χ3v) is 3.37. The van der Waals surface area contributed by atoms with Crippen LogP contribution in [-0.4, -0.2) is 20.9 Å². The SMILES string of the molecule is Cc1c(-c2cc3n(c2)CCNC3)cnn1C. The number of hydrogen-bond acceptors (Lipinski definition) is 2. The molecule has 0 saturated heterocycles. The zero-order valence-corrected chi connectivity index (χ0v) is 9.70. The van der Waals surface area contributed by atoms with Gasteiger partial charge in [-0.15, -0.1) is 0 Å². The fourth-order valence-electron chi connectivity index (χ4n) is 2.26. The number of nitrogens with one attached hydrogen (secondary N) is 1. The van der Waals surface area contributed by atoms with Crippen LogP contribution in [0.15, 0.2) is 18.5 Å². The van der Waals surface area contributed by atoms with E-state index in [1.807, 2.05) is 17.9 Å². The standard InChI is InChI=1S/C12H16N4/c1-9-12(7-14-15(9)2)10-5-11-6-13-3-4-16(11)8-10/h5,7-8,13H,3-4,6H2,1-2H3. The summed E-state index contributed by atoms with van der Waals surface area (Å²) in [6.07, 6.45) is 4.18. The van der Waals surface area contributed by atoms with Crippen LogP contribution >= 0.6 is 0 Å². The van der Waals surface area contributed by atoms with Crippen LogP contribution in [0.2, 0.25) is 0 Å². The average Bonchev–Trinajstić information content (AvgIpc) is 2.84. The van der Waals surface area contributed by atoms with E-state index < -0.39 is 0 Å². The Hall–Kier alpha value is -1.55. The van der Waals surface area contributed by atoms with Crippen molar-refractivity contribution in [2.24, 2.45) is 7.05 Å². The van der Waals surface area contributed by atoms with Crippen LogP contribution in [0.5, 0.6) is 0 Å². The van der Waals surface area contributed by atoms with E-state index in [2.05, 4.69) is 34.2 Å². The highest BCUT2D eigenvalue weighted by molar-refractivity contribution is 5.65. The molecular weight excluding hydrogens is 200 g/mol. The Kier molecular flexibility index (Phi) is 2.11. The first-order chi connectivity index (χ1) is 7.75. The van der Waals surface area contributed by atoms with Gasteiger partial charge in [0, 0.05) is 55.4 Å². The molecule has 84 valence electrons. The monoisotopic (exact) mass is 216 g/mol. The fourth-order valence-corrected chi connectivity index (χ4v) is 2.26. The molecule has 16 heavy (non-hydrogen) atoms. The van der Waals surface area contributed by atoms with Crippen LogP contribution < -0.4 is 5.32 Å². The first kappa shape index (κ1) is 9.66. The van der Waals surface area contributed by atoms with E-state index in [0.717, 1.165) is 19.6 Å². The van der Waals surface area contributed by atoms with Gasteiger partial charge in [-0.2, -0.15) is 5.10 Å². The largest absolute Gasteiger partial charge is 0.348 e. The van der Waals surface area contributed by atoms with Gasteiger partial charge in [-0.1, -0.05) is 0 Å². The summed E-state index contributed by atoms with van der Waals surface area (Å²) in [6, 6.07) is 2.26. The molecule has 0 saturated carbocycles. The van der Waals surface area contributed by atoms with E-state index in [1.54, 1.807) is 0 Å². The predicted octanol–water partition coefficient (Wildman–Crippen LogP) is 1.30. The van der Waals surface area contributed by atoms with Gasteiger partial charge in [0.25, 0.3) is 0 Å². The van der Waals surface area contributed by atoms with Gasteiger partial charge in [-0.3, -0.25) is 4.68 Å². The molecule has 0 radical (unpaired) electrons. The summed E-state index contributed by atoms with van der Waals surface area (Å²) in [4.78, 5) is 0. The second-order valence-corrected chi connectivity index (χ2v) is 4.36. The lowest BCUT2D eigenvalue weighted by atomic mass is 10.1. The van der Waals surface area contributed by atoms with Crippen molar-refractivity contribution in [2.75, 3.05) is 6.54 Å². The molecule has 2 aromatic rings. The summed E-state index contributed by atoms with van der Waals surface area (Å²) >= 11 is 0. The molecule has 0 aromatic carbocycles. The number of nitrogens with zero attached hydrogens (tertiary/aromatic N) is 3. The molecule has 0 spiro atoms. The number of fused-ring (bicyclic) bond motifs is 1. The number of hydrogen-bond donors (Lipinski definition) is 1. The predicted molar refractivity (Wildman–Crippen MR) is 63.1 cm³/mol. The van der Waals surface area contributed by atoms with Crippen molar-refractivity contribution in [1.29, 1.82) is 0 Å². The smallest absolute Gasteiger partial charge is 0.0571 e. The Labute approximate surface area is 94.9 Å². The maximum atomic E-state index is 4.29. The summed E-state index contributed by atoms with van der Waals surface area (Å²) in [5.41, 5.74) is 5.11. The highest BCUT2D eigenvalue weighted by atomic mass is 15.3. The van der Waals surface area contributed by atoms with E-state index in [0.29, 0.717) is 0 Å². The van der Waals surface area contributed by atoms with Gasteiger partial charge < -0.3 is 9.88 Å². The minimum absolute atomic E-state index is 0.972. The van der Waals surface area contributed by atoms with Crippen LogP contribution in [0.1, 0.15) is 11.4 Å². The molecule has 0 bridgehead atoms. The maximum absolute atomic E-state index is 4.29. The third kappa shape index (κ3) is 1.38. The van der Waals surface area contributed by atoms with Crippen molar-refractivity contribution < 1.29 is 0 Å². The molecule has 1 aliphatic heterocycles. The molecular formula is C12H16N4. The average molecular weight is 216 g/mol. The van der Waals surface area contributed by atoms with Gasteiger partial charge >= 0.3 is 0 Å². The lowest BCUT2D eigenvalue weighted by molar-refractivity contribution is 0.517. The highest BCUT2D eigenvalue weighted by Gasteiger charge is 2.13. The van der Waals surface area contributed by atoms with E-state index in [4.69, 9.17) is 0 Å². The van der Waals surface area contributed by atoms with Crippen LogP contribution in [0.4, 0.5) is 0 Å². The van der Waals surface area contributed by atoms with Gasteiger partial charge in [-0.05, 0) is 13.0 Å². The number of aryl methyl sites for hydroxylation is 1. The molecule has 0 amide bonds. The Morgan fingerprint density at radius 1 is 1.44 bits per heavy atom. The Morgan fingerprint density at radius 2 is 2.31 bits per heavy atom. The van der Waals surface area contributed by atoms with Gasteiger partial charge in [0.15, 0.2) is 0 Å². The second-order valence-electron chi connectivity index (χ2n) is 4.36. The van der Waals surface area contributed by atoms with E-state index >= 15 is 0 Å². The van der Waals surface area contributed by atoms with E-state index in [9.17, 15) is 0 Å². The highest BCUT2D eigenvalue weighted by Crippen LogP contribution is 2.25. The Balaban J connectivity index is 2.07. The lowest BCUT2D eigenvalue weighted by Gasteiger charge is -2.15. The Bertz CT molecular complexity index is 498. The van der Waals surface area contributed by atoms with Crippen molar-refractivity contribution in [3.63, 3.8) is 0 Å². The van der Waals surface area contributed by atoms with Gasteiger partial charge in [-0.25, -0.2) is 0 Å². The molecule has 1 aliphatic rings. The lowest BCUT2D eigenvalue weighted by Crippen LogP contribution is -2.27. The molecule has 2 aromatic heterocycles. The third-order valence-electron chi connectivity index (χ3n) is 3.37. The maximum Gasteiger partial charge on any atom is 0.0571 e. The molecule has 1 N–H and O–H groups in total. The van der Waals surface area contributed by atoms with Crippen molar-refractivity contribution in [2.45, 2.75) is 20.0 Å². The van der Waals surface area contributed by atoms with E-state index in [1.165, 1.54) is 22.5 Å². The van der Waals surface area contributed by atoms with Gasteiger partial charge in [0.1, 0.15) is 0 Å². The van der Waals surface area contributed by atoms with Crippen LogP contribution in [0, 0.1) is 6.92 Å². The first-order valence-electron chi connectivity index (χ1n) is 5.64. The molecule has 3 rings (SSSR count). The molecule has 0 atom stereocenters. The zero-order chi connectivity index (χ0) is 11.1. The summed E-state index contributed by atoms with van der Waals surface area (Å²) in [5, 5.41) is 7.67. The van der Waals surface area contributed by atoms with Crippen molar-refractivity contribution in [3.05, 3.63) is 29.8 Å². The summed E-state index contributed by atoms with van der Waals surface area (Å²) in [7, 11) is 1.98. The molecule has 0 aliphatic carbocycles. The van der Waals surface area contributed by atoms with Crippen LogP contribution in [-0.2, 0) is 20.1 Å². The molecule has 3 heterocycles. The van der Waals surface area contributed by atoms with E-state index in [-0.39, 0.29) is 0 Å². The normalized spacial score (nSPS) is 15.1. The second kappa shape index (κ2) is 3.49.